The zero-order valence-corrected chi connectivity index (χ0v) is 22.9. The molecule has 0 spiro atoms. The summed E-state index contributed by atoms with van der Waals surface area (Å²) in [5.74, 6) is -0.278. The summed E-state index contributed by atoms with van der Waals surface area (Å²) in [6.07, 6.45) is 2.04. The fraction of sp³-hybridized carbons (Fsp3) is 0.0789. The molecule has 2 aromatic heterocycles. The van der Waals surface area contributed by atoms with Crippen LogP contribution in [0.3, 0.4) is 0 Å². The third-order valence-corrected chi connectivity index (χ3v) is 8.79. The molecule has 0 saturated heterocycles. The van der Waals surface area contributed by atoms with Crippen molar-refractivity contribution >= 4 is 21.9 Å². The Morgan fingerprint density at radius 1 is 0.634 bits per heavy atom. The molecule has 41 heavy (non-hydrogen) atoms. The first kappa shape index (κ1) is 23.8. The molecular formula is C38H27FNO+. The number of aromatic nitrogens is 1. The summed E-state index contributed by atoms with van der Waals surface area (Å²) >= 11 is 0. The lowest BCUT2D eigenvalue weighted by atomic mass is 9.67. The summed E-state index contributed by atoms with van der Waals surface area (Å²) in [5, 5.41) is 1.69. The first-order chi connectivity index (χ1) is 20.1. The minimum absolute atomic E-state index is 0.278. The molecule has 0 radical (unpaired) electrons. The third-order valence-electron chi connectivity index (χ3n) is 8.79. The Bertz CT molecular complexity index is 2090. The molecule has 1 aliphatic rings. The van der Waals surface area contributed by atoms with Gasteiger partial charge in [-0.3, -0.25) is 0 Å². The molecule has 0 N–H and O–H groups in total. The summed E-state index contributed by atoms with van der Waals surface area (Å²) in [7, 11) is 2.04. The molecule has 1 aliphatic carbocycles. The first-order valence-electron chi connectivity index (χ1n) is 13.9. The van der Waals surface area contributed by atoms with Gasteiger partial charge in [-0.25, -0.2) is 8.96 Å². The van der Waals surface area contributed by atoms with Gasteiger partial charge in [0, 0.05) is 28.5 Å². The predicted molar refractivity (Wildman–Crippen MR) is 162 cm³/mol. The van der Waals surface area contributed by atoms with E-state index in [-0.39, 0.29) is 5.82 Å². The van der Waals surface area contributed by atoms with E-state index in [1.807, 2.05) is 31.4 Å². The van der Waals surface area contributed by atoms with E-state index in [2.05, 4.69) is 102 Å². The second kappa shape index (κ2) is 8.74. The standard InChI is InChI=1S/C38H27FNO/c1-24-19-20-29-30-22-26(39)23-33(36(30)41-37(29)35(24)34-18-10-11-21-40(34)2)38(25-12-4-3-5-13-25)31-16-8-6-14-27(31)28-15-7-9-17-32(28)38/h3-23H,1-2H3/q+1. The molecule has 2 nitrogen and oxygen atoms in total. The summed E-state index contributed by atoms with van der Waals surface area (Å²) in [6.45, 7) is 2.10. The Hall–Kier alpha value is -5.02. The molecule has 0 fully saturated rings. The molecule has 0 aliphatic heterocycles. The van der Waals surface area contributed by atoms with E-state index in [9.17, 15) is 0 Å². The van der Waals surface area contributed by atoms with Gasteiger partial charge in [0.05, 0.1) is 11.0 Å². The fourth-order valence-corrected chi connectivity index (χ4v) is 7.06. The number of pyridine rings is 1. The monoisotopic (exact) mass is 532 g/mol. The van der Waals surface area contributed by atoms with Crippen LogP contribution in [0.4, 0.5) is 4.39 Å². The van der Waals surface area contributed by atoms with Gasteiger partial charge in [0.1, 0.15) is 24.0 Å². The Labute approximate surface area is 238 Å². The zero-order chi connectivity index (χ0) is 27.7. The van der Waals surface area contributed by atoms with Crippen LogP contribution in [0.1, 0.15) is 27.8 Å². The molecule has 2 heterocycles. The fourth-order valence-electron chi connectivity index (χ4n) is 7.06. The number of halogens is 1. The van der Waals surface area contributed by atoms with Gasteiger partial charge in [-0.05, 0) is 58.5 Å². The van der Waals surface area contributed by atoms with Crippen molar-refractivity contribution in [2.75, 3.05) is 0 Å². The van der Waals surface area contributed by atoms with Gasteiger partial charge in [0.25, 0.3) is 0 Å². The summed E-state index contributed by atoms with van der Waals surface area (Å²) in [5.41, 5.74) is 10.4. The minimum atomic E-state index is -0.755. The van der Waals surface area contributed by atoms with Crippen molar-refractivity contribution < 1.29 is 13.4 Å². The highest BCUT2D eigenvalue weighted by atomic mass is 19.1. The van der Waals surface area contributed by atoms with Crippen LogP contribution in [0.15, 0.2) is 132 Å². The quantitative estimate of drug-likeness (QED) is 0.208. The molecule has 0 amide bonds. The number of benzene rings is 5. The molecule has 0 unspecified atom stereocenters. The highest BCUT2D eigenvalue weighted by Crippen LogP contribution is 2.57. The van der Waals surface area contributed by atoms with E-state index < -0.39 is 5.41 Å². The number of fused-ring (bicyclic) bond motifs is 6. The second-order valence-electron chi connectivity index (χ2n) is 11.0. The highest BCUT2D eigenvalue weighted by Gasteiger charge is 2.47. The van der Waals surface area contributed by atoms with Crippen molar-refractivity contribution in [3.63, 3.8) is 0 Å². The van der Waals surface area contributed by atoms with Crippen LogP contribution in [-0.4, -0.2) is 0 Å². The van der Waals surface area contributed by atoms with Crippen molar-refractivity contribution in [3.8, 4) is 22.4 Å². The highest BCUT2D eigenvalue weighted by molar-refractivity contribution is 6.11. The average Bonchev–Trinajstić information content (AvgIpc) is 3.52. The van der Waals surface area contributed by atoms with Crippen LogP contribution >= 0.6 is 0 Å². The van der Waals surface area contributed by atoms with Crippen molar-refractivity contribution in [2.45, 2.75) is 12.3 Å². The van der Waals surface area contributed by atoms with Crippen LogP contribution in [0.25, 0.3) is 44.3 Å². The zero-order valence-electron chi connectivity index (χ0n) is 22.9. The van der Waals surface area contributed by atoms with E-state index >= 15 is 4.39 Å². The SMILES string of the molecule is Cc1ccc2c(oc3c(C4(c5ccccc5)c5ccccc5-c5ccccc54)cc(F)cc32)c1-c1cccc[n+]1C. The van der Waals surface area contributed by atoms with Gasteiger partial charge < -0.3 is 4.42 Å². The number of hydrogen-bond donors (Lipinski definition) is 0. The molecular weight excluding hydrogens is 505 g/mol. The number of nitrogens with zero attached hydrogens (tertiary/aromatic N) is 1. The number of hydrogen-bond acceptors (Lipinski definition) is 1. The minimum Gasteiger partial charge on any atom is -0.455 e. The van der Waals surface area contributed by atoms with Gasteiger partial charge >= 0.3 is 0 Å². The molecule has 0 atom stereocenters. The van der Waals surface area contributed by atoms with Crippen LogP contribution in [0.2, 0.25) is 0 Å². The van der Waals surface area contributed by atoms with Gasteiger partial charge in [-0.2, -0.15) is 0 Å². The first-order valence-corrected chi connectivity index (χ1v) is 13.9. The number of furan rings is 1. The second-order valence-corrected chi connectivity index (χ2v) is 11.0. The van der Waals surface area contributed by atoms with E-state index in [0.717, 1.165) is 66.6 Å². The summed E-state index contributed by atoms with van der Waals surface area (Å²) in [6, 6.07) is 41.1. The maximum absolute atomic E-state index is 15.9. The largest absolute Gasteiger partial charge is 0.455 e. The summed E-state index contributed by atoms with van der Waals surface area (Å²) < 4.78 is 25.0. The summed E-state index contributed by atoms with van der Waals surface area (Å²) in [4.78, 5) is 0. The lowest BCUT2D eigenvalue weighted by molar-refractivity contribution is -0.660. The van der Waals surface area contributed by atoms with Crippen LogP contribution in [0.5, 0.6) is 0 Å². The molecule has 0 bridgehead atoms. The molecule has 7 aromatic rings. The van der Waals surface area contributed by atoms with Crippen molar-refractivity contribution in [2.24, 2.45) is 7.05 Å². The molecule has 0 saturated carbocycles. The van der Waals surface area contributed by atoms with E-state index in [0.29, 0.717) is 5.58 Å². The van der Waals surface area contributed by atoms with E-state index in [1.54, 1.807) is 12.1 Å². The Kier molecular flexibility index (Phi) is 5.08. The van der Waals surface area contributed by atoms with Gasteiger partial charge in [-0.15, -0.1) is 0 Å². The molecule has 8 rings (SSSR count). The number of aryl methyl sites for hydroxylation is 2. The topological polar surface area (TPSA) is 17.0 Å². The maximum atomic E-state index is 15.9. The number of rotatable bonds is 3. The maximum Gasteiger partial charge on any atom is 0.216 e. The molecule has 5 aromatic carbocycles. The Morgan fingerprint density at radius 3 is 2.00 bits per heavy atom. The third kappa shape index (κ3) is 3.20. The Balaban J connectivity index is 1.57. The smallest absolute Gasteiger partial charge is 0.216 e. The van der Waals surface area contributed by atoms with Crippen LogP contribution in [0, 0.1) is 12.7 Å². The molecule has 196 valence electrons. The van der Waals surface area contributed by atoms with Crippen LogP contribution in [-0.2, 0) is 12.5 Å². The van der Waals surface area contributed by atoms with Crippen molar-refractivity contribution in [1.29, 1.82) is 0 Å². The van der Waals surface area contributed by atoms with E-state index in [4.69, 9.17) is 4.42 Å². The van der Waals surface area contributed by atoms with E-state index in [1.165, 1.54) is 0 Å². The lowest BCUT2D eigenvalue weighted by Gasteiger charge is -2.33. The van der Waals surface area contributed by atoms with Gasteiger partial charge in [-0.1, -0.05) is 91.0 Å². The van der Waals surface area contributed by atoms with Gasteiger partial charge in [0.15, 0.2) is 6.20 Å². The van der Waals surface area contributed by atoms with Crippen molar-refractivity contribution in [1.82, 2.24) is 0 Å². The van der Waals surface area contributed by atoms with Crippen molar-refractivity contribution in [3.05, 3.63) is 161 Å². The lowest BCUT2D eigenvalue weighted by Crippen LogP contribution is -2.30. The van der Waals surface area contributed by atoms with Crippen LogP contribution < -0.4 is 4.57 Å². The molecule has 3 heteroatoms. The average molecular weight is 533 g/mol. The van der Waals surface area contributed by atoms with Gasteiger partial charge in [0.2, 0.25) is 5.69 Å². The normalized spacial score (nSPS) is 13.4. The Morgan fingerprint density at radius 2 is 1.29 bits per heavy atom. The predicted octanol–water partition coefficient (Wildman–Crippen LogP) is 8.89.